The summed E-state index contributed by atoms with van der Waals surface area (Å²) in [4.78, 5) is 2.34. The molecule has 1 aliphatic rings. The molecule has 2 rings (SSSR count). The van der Waals surface area contributed by atoms with E-state index in [1.54, 1.807) is 6.07 Å². The van der Waals surface area contributed by atoms with E-state index in [0.29, 0.717) is 17.5 Å². The van der Waals surface area contributed by atoms with Gasteiger partial charge in [0.05, 0.1) is 11.6 Å². The Bertz CT molecular complexity index is 488. The number of hydrogen-bond donors (Lipinski definition) is 0. The lowest BCUT2D eigenvalue weighted by Crippen LogP contribution is -2.25. The molecule has 102 valence electrons. The molecule has 0 radical (unpaired) electrons. The Kier molecular flexibility index (Phi) is 4.21. The van der Waals surface area contributed by atoms with Crippen LogP contribution in [0.15, 0.2) is 18.2 Å². The lowest BCUT2D eigenvalue weighted by Gasteiger charge is -2.23. The summed E-state index contributed by atoms with van der Waals surface area (Å²) in [5, 5.41) is 9.09. The third kappa shape index (κ3) is 3.78. The highest BCUT2D eigenvalue weighted by molar-refractivity contribution is 5.37. The van der Waals surface area contributed by atoms with E-state index in [-0.39, 0.29) is 5.82 Å². The standard InChI is InChI=1S/C16H21FN2/c1-16(2)6-3-8-19(9-7-16)12-14-10-15(17)5-4-13(14)11-18/h4-5,10H,3,6-9,12H2,1-2H3. The Morgan fingerprint density at radius 3 is 2.84 bits per heavy atom. The van der Waals surface area contributed by atoms with Crippen LogP contribution in [-0.4, -0.2) is 18.0 Å². The second-order valence-corrected chi connectivity index (χ2v) is 6.21. The van der Waals surface area contributed by atoms with Gasteiger partial charge in [-0.25, -0.2) is 4.39 Å². The maximum absolute atomic E-state index is 13.3. The zero-order valence-corrected chi connectivity index (χ0v) is 11.7. The SMILES string of the molecule is CC1(C)CCCN(Cc2cc(F)ccc2C#N)CC1. The van der Waals surface area contributed by atoms with Crippen molar-refractivity contribution < 1.29 is 4.39 Å². The molecular weight excluding hydrogens is 239 g/mol. The summed E-state index contributed by atoms with van der Waals surface area (Å²) in [6, 6.07) is 6.58. The normalized spacial score (nSPS) is 19.7. The van der Waals surface area contributed by atoms with Crippen LogP contribution in [0.1, 0.15) is 44.2 Å². The Morgan fingerprint density at radius 1 is 1.32 bits per heavy atom. The molecule has 0 amide bonds. The van der Waals surface area contributed by atoms with Gasteiger partial charge in [0, 0.05) is 6.54 Å². The minimum absolute atomic E-state index is 0.260. The minimum Gasteiger partial charge on any atom is -0.299 e. The van der Waals surface area contributed by atoms with Crippen molar-refractivity contribution in [1.29, 1.82) is 5.26 Å². The lowest BCUT2D eigenvalue weighted by molar-refractivity contribution is 0.255. The molecule has 2 nitrogen and oxygen atoms in total. The van der Waals surface area contributed by atoms with Crippen molar-refractivity contribution in [3.8, 4) is 6.07 Å². The number of rotatable bonds is 2. The fourth-order valence-corrected chi connectivity index (χ4v) is 2.68. The van der Waals surface area contributed by atoms with Crippen molar-refractivity contribution in [3.05, 3.63) is 35.1 Å². The van der Waals surface area contributed by atoms with Gasteiger partial charge in [-0.05, 0) is 61.5 Å². The summed E-state index contributed by atoms with van der Waals surface area (Å²) < 4.78 is 13.3. The first-order valence-electron chi connectivity index (χ1n) is 6.91. The first kappa shape index (κ1) is 14.0. The molecule has 0 unspecified atom stereocenters. The second-order valence-electron chi connectivity index (χ2n) is 6.21. The molecule has 1 aromatic carbocycles. The fourth-order valence-electron chi connectivity index (χ4n) is 2.68. The van der Waals surface area contributed by atoms with Crippen LogP contribution in [-0.2, 0) is 6.54 Å². The molecule has 1 aliphatic heterocycles. The van der Waals surface area contributed by atoms with Crippen LogP contribution in [0.2, 0.25) is 0 Å². The molecule has 1 heterocycles. The van der Waals surface area contributed by atoms with E-state index < -0.39 is 0 Å². The van der Waals surface area contributed by atoms with E-state index in [1.807, 2.05) is 0 Å². The largest absolute Gasteiger partial charge is 0.299 e. The summed E-state index contributed by atoms with van der Waals surface area (Å²) in [7, 11) is 0. The fraction of sp³-hybridized carbons (Fsp3) is 0.562. The highest BCUT2D eigenvalue weighted by Crippen LogP contribution is 2.30. The Balaban J connectivity index is 2.09. The molecule has 3 heteroatoms. The number of hydrogen-bond acceptors (Lipinski definition) is 2. The van der Waals surface area contributed by atoms with Gasteiger partial charge in [0.2, 0.25) is 0 Å². The second kappa shape index (κ2) is 5.71. The summed E-state index contributed by atoms with van der Waals surface area (Å²) in [5.74, 6) is -0.260. The zero-order valence-electron chi connectivity index (χ0n) is 11.7. The Morgan fingerprint density at radius 2 is 2.11 bits per heavy atom. The van der Waals surface area contributed by atoms with Crippen molar-refractivity contribution >= 4 is 0 Å². The van der Waals surface area contributed by atoms with E-state index in [4.69, 9.17) is 5.26 Å². The van der Waals surface area contributed by atoms with E-state index in [9.17, 15) is 4.39 Å². The molecular formula is C16H21FN2. The van der Waals surface area contributed by atoms with Crippen molar-refractivity contribution in [2.75, 3.05) is 13.1 Å². The van der Waals surface area contributed by atoms with Gasteiger partial charge in [-0.2, -0.15) is 5.26 Å². The summed E-state index contributed by atoms with van der Waals surface area (Å²) in [6.07, 6.45) is 3.56. The molecule has 0 aromatic heterocycles. The number of halogens is 1. The van der Waals surface area contributed by atoms with Gasteiger partial charge in [0.1, 0.15) is 5.82 Å². The number of nitrogens with zero attached hydrogens (tertiary/aromatic N) is 2. The smallest absolute Gasteiger partial charge is 0.123 e. The molecule has 0 N–H and O–H groups in total. The molecule has 0 atom stereocenters. The lowest BCUT2D eigenvalue weighted by atomic mass is 9.85. The molecule has 0 aliphatic carbocycles. The molecule has 19 heavy (non-hydrogen) atoms. The van der Waals surface area contributed by atoms with Crippen molar-refractivity contribution in [2.45, 2.75) is 39.7 Å². The Hall–Kier alpha value is -1.40. The zero-order chi connectivity index (χ0) is 13.9. The highest BCUT2D eigenvalue weighted by atomic mass is 19.1. The maximum atomic E-state index is 13.3. The van der Waals surface area contributed by atoms with Gasteiger partial charge in [-0.15, -0.1) is 0 Å². The monoisotopic (exact) mass is 260 g/mol. The van der Waals surface area contributed by atoms with Gasteiger partial charge in [-0.3, -0.25) is 4.90 Å². The maximum Gasteiger partial charge on any atom is 0.123 e. The van der Waals surface area contributed by atoms with Crippen molar-refractivity contribution in [2.24, 2.45) is 5.41 Å². The van der Waals surface area contributed by atoms with E-state index in [1.165, 1.54) is 25.0 Å². The van der Waals surface area contributed by atoms with Gasteiger partial charge in [0.15, 0.2) is 0 Å². The molecule has 1 saturated heterocycles. The van der Waals surface area contributed by atoms with Crippen LogP contribution in [0.5, 0.6) is 0 Å². The predicted octanol–water partition coefficient (Wildman–Crippen LogP) is 3.71. The predicted molar refractivity (Wildman–Crippen MR) is 74.0 cm³/mol. The van der Waals surface area contributed by atoms with Crippen molar-refractivity contribution in [1.82, 2.24) is 4.90 Å². The average Bonchev–Trinajstić information content (AvgIpc) is 2.51. The molecule has 1 fully saturated rings. The van der Waals surface area contributed by atoms with Gasteiger partial charge in [0.25, 0.3) is 0 Å². The minimum atomic E-state index is -0.260. The topological polar surface area (TPSA) is 27.0 Å². The first-order chi connectivity index (χ1) is 9.00. The van der Waals surface area contributed by atoms with Gasteiger partial charge in [-0.1, -0.05) is 13.8 Å². The van der Waals surface area contributed by atoms with Crippen LogP contribution >= 0.6 is 0 Å². The van der Waals surface area contributed by atoms with Gasteiger partial charge < -0.3 is 0 Å². The first-order valence-corrected chi connectivity index (χ1v) is 6.91. The number of nitriles is 1. The van der Waals surface area contributed by atoms with Crippen LogP contribution in [0.4, 0.5) is 4.39 Å². The van der Waals surface area contributed by atoms with Crippen LogP contribution in [0.3, 0.4) is 0 Å². The third-order valence-corrected chi connectivity index (χ3v) is 4.01. The highest BCUT2D eigenvalue weighted by Gasteiger charge is 2.23. The Labute approximate surface area is 114 Å². The quantitative estimate of drug-likeness (QED) is 0.810. The van der Waals surface area contributed by atoms with Crippen LogP contribution in [0, 0.1) is 22.6 Å². The summed E-state index contributed by atoms with van der Waals surface area (Å²) >= 11 is 0. The summed E-state index contributed by atoms with van der Waals surface area (Å²) in [5.41, 5.74) is 1.79. The molecule has 1 aromatic rings. The molecule has 0 bridgehead atoms. The van der Waals surface area contributed by atoms with E-state index in [2.05, 4.69) is 24.8 Å². The summed E-state index contributed by atoms with van der Waals surface area (Å²) in [6.45, 7) is 7.34. The number of likely N-dealkylation sites (tertiary alicyclic amines) is 1. The van der Waals surface area contributed by atoms with Crippen LogP contribution in [0.25, 0.3) is 0 Å². The van der Waals surface area contributed by atoms with E-state index >= 15 is 0 Å². The van der Waals surface area contributed by atoms with Gasteiger partial charge >= 0.3 is 0 Å². The molecule has 0 spiro atoms. The molecule has 0 saturated carbocycles. The number of benzene rings is 1. The average molecular weight is 260 g/mol. The van der Waals surface area contributed by atoms with E-state index in [0.717, 1.165) is 25.1 Å². The van der Waals surface area contributed by atoms with Crippen LogP contribution < -0.4 is 0 Å². The van der Waals surface area contributed by atoms with Crippen molar-refractivity contribution in [3.63, 3.8) is 0 Å². The third-order valence-electron chi connectivity index (χ3n) is 4.01.